The van der Waals surface area contributed by atoms with Gasteiger partial charge in [0.15, 0.2) is 0 Å². The number of ketones is 1. The predicted molar refractivity (Wildman–Crippen MR) is 123 cm³/mol. The number of amides is 1. The molecule has 1 aliphatic heterocycles. The summed E-state index contributed by atoms with van der Waals surface area (Å²) in [6.07, 6.45) is 0. The topological polar surface area (TPSA) is 79.3 Å². The van der Waals surface area contributed by atoms with E-state index in [1.807, 2.05) is 57.1 Å². The van der Waals surface area contributed by atoms with Crippen LogP contribution in [0.15, 0.2) is 48.0 Å². The summed E-state index contributed by atoms with van der Waals surface area (Å²) in [4.78, 5) is 29.6. The third-order valence-corrected chi connectivity index (χ3v) is 5.51. The van der Waals surface area contributed by atoms with Crippen LogP contribution in [-0.2, 0) is 9.59 Å². The van der Waals surface area contributed by atoms with Crippen molar-refractivity contribution in [1.29, 1.82) is 0 Å². The van der Waals surface area contributed by atoms with Crippen molar-refractivity contribution in [2.45, 2.75) is 19.9 Å². The van der Waals surface area contributed by atoms with E-state index in [2.05, 4.69) is 0 Å². The lowest BCUT2D eigenvalue weighted by Gasteiger charge is -2.27. The van der Waals surface area contributed by atoms with E-state index in [0.717, 1.165) is 5.56 Å². The summed E-state index contributed by atoms with van der Waals surface area (Å²) in [6, 6.07) is 11.7. The number of para-hydroxylation sites is 1. The standard InChI is InChI=1S/C25H30N2O5/c1-6-32-20-10-8-7-9-18(20)22-21(24(29)25(30)27(22)14-13-26(3)4)23(28)17-11-12-19(31-5)16(2)15-17/h7-12,15,22,28H,6,13-14H2,1-5H3/b23-21+/t22-/m1/s1. The SMILES string of the molecule is CCOc1ccccc1[C@@H]1/C(=C(\O)c2ccc(OC)c(C)c2)C(=O)C(=O)N1CCN(C)C. The van der Waals surface area contributed by atoms with Gasteiger partial charge in [-0.15, -0.1) is 0 Å². The number of methoxy groups -OCH3 is 1. The van der Waals surface area contributed by atoms with E-state index in [9.17, 15) is 14.7 Å². The first kappa shape index (κ1) is 23.3. The van der Waals surface area contributed by atoms with E-state index in [1.54, 1.807) is 25.3 Å². The molecular formula is C25H30N2O5. The van der Waals surface area contributed by atoms with Gasteiger partial charge in [-0.1, -0.05) is 18.2 Å². The number of benzene rings is 2. The minimum atomic E-state index is -0.750. The molecule has 1 heterocycles. The van der Waals surface area contributed by atoms with Crippen molar-refractivity contribution in [1.82, 2.24) is 9.80 Å². The first-order valence-electron chi connectivity index (χ1n) is 10.6. The maximum absolute atomic E-state index is 13.1. The summed E-state index contributed by atoms with van der Waals surface area (Å²) in [5, 5.41) is 11.2. The highest BCUT2D eigenvalue weighted by molar-refractivity contribution is 6.46. The normalized spacial score (nSPS) is 17.8. The van der Waals surface area contributed by atoms with Crippen LogP contribution in [0.25, 0.3) is 5.76 Å². The second-order valence-electron chi connectivity index (χ2n) is 7.95. The fourth-order valence-electron chi connectivity index (χ4n) is 3.92. The van der Waals surface area contributed by atoms with Crippen molar-refractivity contribution < 1.29 is 24.2 Å². The van der Waals surface area contributed by atoms with E-state index in [4.69, 9.17) is 9.47 Å². The molecule has 0 aliphatic carbocycles. The number of ether oxygens (including phenoxy) is 2. The molecule has 0 radical (unpaired) electrons. The Morgan fingerprint density at radius 1 is 1.12 bits per heavy atom. The van der Waals surface area contributed by atoms with Crippen molar-refractivity contribution in [2.24, 2.45) is 0 Å². The molecule has 0 bridgehead atoms. The molecule has 1 fully saturated rings. The average molecular weight is 439 g/mol. The second-order valence-corrected chi connectivity index (χ2v) is 7.95. The molecule has 1 N–H and O–H groups in total. The van der Waals surface area contributed by atoms with Crippen LogP contribution >= 0.6 is 0 Å². The third-order valence-electron chi connectivity index (χ3n) is 5.51. The van der Waals surface area contributed by atoms with Crippen LogP contribution in [0.3, 0.4) is 0 Å². The fraction of sp³-hybridized carbons (Fsp3) is 0.360. The van der Waals surface area contributed by atoms with Gasteiger partial charge in [-0.05, 0) is 57.8 Å². The molecule has 0 spiro atoms. The number of rotatable bonds is 8. The Morgan fingerprint density at radius 3 is 2.47 bits per heavy atom. The molecule has 7 heteroatoms. The molecule has 1 atom stereocenters. The van der Waals surface area contributed by atoms with Crippen LogP contribution in [-0.4, -0.2) is 67.5 Å². The van der Waals surface area contributed by atoms with Gasteiger partial charge in [0, 0.05) is 24.2 Å². The van der Waals surface area contributed by atoms with Crippen molar-refractivity contribution in [3.63, 3.8) is 0 Å². The van der Waals surface area contributed by atoms with Crippen molar-refractivity contribution in [3.8, 4) is 11.5 Å². The Balaban J connectivity index is 2.20. The maximum Gasteiger partial charge on any atom is 0.295 e. The van der Waals surface area contributed by atoms with Gasteiger partial charge in [0.25, 0.3) is 11.7 Å². The lowest BCUT2D eigenvalue weighted by molar-refractivity contribution is -0.140. The van der Waals surface area contributed by atoms with Gasteiger partial charge in [0.05, 0.1) is 25.3 Å². The van der Waals surface area contributed by atoms with Gasteiger partial charge in [0.2, 0.25) is 0 Å². The molecule has 3 rings (SSSR count). The van der Waals surface area contributed by atoms with Gasteiger partial charge in [-0.25, -0.2) is 0 Å². The number of Topliss-reactive ketones (excluding diaryl/α,β-unsaturated/α-hetero) is 1. The van der Waals surface area contributed by atoms with Gasteiger partial charge >= 0.3 is 0 Å². The minimum absolute atomic E-state index is 0.0606. The number of hydrogen-bond acceptors (Lipinski definition) is 6. The Labute approximate surface area is 188 Å². The van der Waals surface area contributed by atoms with Gasteiger partial charge in [-0.3, -0.25) is 9.59 Å². The first-order chi connectivity index (χ1) is 15.3. The van der Waals surface area contributed by atoms with Crippen LogP contribution in [0, 0.1) is 6.92 Å². The minimum Gasteiger partial charge on any atom is -0.507 e. The zero-order chi connectivity index (χ0) is 23.4. The molecule has 0 saturated carbocycles. The first-order valence-corrected chi connectivity index (χ1v) is 10.6. The molecule has 1 saturated heterocycles. The summed E-state index contributed by atoms with van der Waals surface area (Å²) in [7, 11) is 5.38. The van der Waals surface area contributed by atoms with Gasteiger partial charge < -0.3 is 24.4 Å². The molecule has 1 amide bonds. The number of likely N-dealkylation sites (tertiary alicyclic amines) is 1. The summed E-state index contributed by atoms with van der Waals surface area (Å²) < 4.78 is 11.1. The van der Waals surface area contributed by atoms with E-state index in [0.29, 0.717) is 42.3 Å². The van der Waals surface area contributed by atoms with Crippen LogP contribution in [0.2, 0.25) is 0 Å². The smallest absolute Gasteiger partial charge is 0.295 e. The van der Waals surface area contributed by atoms with Gasteiger partial charge in [-0.2, -0.15) is 0 Å². The number of aliphatic hydroxyl groups is 1. The molecule has 2 aromatic carbocycles. The van der Waals surface area contributed by atoms with Crippen LogP contribution in [0.1, 0.15) is 29.7 Å². The largest absolute Gasteiger partial charge is 0.507 e. The number of carbonyl (C=O) groups excluding carboxylic acids is 2. The molecular weight excluding hydrogens is 408 g/mol. The lowest BCUT2D eigenvalue weighted by atomic mass is 9.94. The number of carbonyl (C=O) groups is 2. The quantitative estimate of drug-likeness (QED) is 0.387. The predicted octanol–water partition coefficient (Wildman–Crippen LogP) is 3.39. The molecule has 0 aromatic heterocycles. The van der Waals surface area contributed by atoms with Gasteiger partial charge in [0.1, 0.15) is 17.3 Å². The Hall–Kier alpha value is -3.32. The zero-order valence-corrected chi connectivity index (χ0v) is 19.2. The Bertz CT molecular complexity index is 1040. The monoisotopic (exact) mass is 438 g/mol. The molecule has 32 heavy (non-hydrogen) atoms. The number of aliphatic hydroxyl groups excluding tert-OH is 1. The van der Waals surface area contributed by atoms with Crippen LogP contribution < -0.4 is 9.47 Å². The highest BCUT2D eigenvalue weighted by Gasteiger charge is 2.46. The van der Waals surface area contributed by atoms with Crippen LogP contribution in [0.4, 0.5) is 0 Å². The second kappa shape index (κ2) is 9.87. The van der Waals surface area contributed by atoms with E-state index in [1.165, 1.54) is 4.90 Å². The zero-order valence-electron chi connectivity index (χ0n) is 19.2. The summed E-state index contributed by atoms with van der Waals surface area (Å²) >= 11 is 0. The molecule has 0 unspecified atom stereocenters. The summed E-state index contributed by atoms with van der Waals surface area (Å²) in [5.41, 5.74) is 1.99. The Kier molecular flexibility index (Phi) is 7.20. The maximum atomic E-state index is 13.1. The third kappa shape index (κ3) is 4.48. The molecule has 2 aromatic rings. The summed E-state index contributed by atoms with van der Waals surface area (Å²) in [6.45, 7) is 5.07. The molecule has 1 aliphatic rings. The van der Waals surface area contributed by atoms with Crippen molar-refractivity contribution in [3.05, 3.63) is 64.7 Å². The number of nitrogens with zero attached hydrogens (tertiary/aromatic N) is 2. The number of aryl methyl sites for hydroxylation is 1. The van der Waals surface area contributed by atoms with Crippen LogP contribution in [0.5, 0.6) is 11.5 Å². The highest BCUT2D eigenvalue weighted by Crippen LogP contribution is 2.42. The fourth-order valence-corrected chi connectivity index (χ4v) is 3.92. The lowest BCUT2D eigenvalue weighted by Crippen LogP contribution is -2.35. The van der Waals surface area contributed by atoms with E-state index < -0.39 is 17.7 Å². The van der Waals surface area contributed by atoms with Crippen molar-refractivity contribution >= 4 is 17.4 Å². The highest BCUT2D eigenvalue weighted by atomic mass is 16.5. The Morgan fingerprint density at radius 2 is 1.84 bits per heavy atom. The number of hydrogen-bond donors (Lipinski definition) is 1. The molecule has 170 valence electrons. The van der Waals surface area contributed by atoms with Crippen molar-refractivity contribution in [2.75, 3.05) is 40.9 Å². The van der Waals surface area contributed by atoms with E-state index >= 15 is 0 Å². The average Bonchev–Trinajstić information content (AvgIpc) is 3.02. The van der Waals surface area contributed by atoms with E-state index in [-0.39, 0.29) is 11.3 Å². The molecule has 7 nitrogen and oxygen atoms in total. The number of likely N-dealkylation sites (N-methyl/N-ethyl adjacent to an activating group) is 1. The summed E-state index contributed by atoms with van der Waals surface area (Å²) in [5.74, 6) is -0.293.